The first-order valence-electron chi connectivity index (χ1n) is 7.69. The van der Waals surface area contributed by atoms with Crippen LogP contribution in [0.15, 0.2) is 28.7 Å². The van der Waals surface area contributed by atoms with E-state index in [1.54, 1.807) is 24.3 Å². The van der Waals surface area contributed by atoms with Crippen LogP contribution in [0.5, 0.6) is 0 Å². The predicted octanol–water partition coefficient (Wildman–Crippen LogP) is 2.61. The molecule has 2 N–H and O–H groups in total. The van der Waals surface area contributed by atoms with Crippen molar-refractivity contribution in [2.24, 2.45) is 16.7 Å². The highest BCUT2D eigenvalue weighted by Crippen LogP contribution is 2.63. The quantitative estimate of drug-likeness (QED) is 0.613. The number of hydrazine groups is 1. The number of hydrogen-bond donors (Lipinski definition) is 2. The van der Waals surface area contributed by atoms with Gasteiger partial charge in [0.15, 0.2) is 0 Å². The summed E-state index contributed by atoms with van der Waals surface area (Å²) >= 11 is 3.30. The number of Topliss-reactive ketones (excluding diaryl/α,β-unsaturated/α-hetero) is 1. The van der Waals surface area contributed by atoms with Gasteiger partial charge in [-0.1, -0.05) is 29.8 Å². The largest absolute Gasteiger partial charge is 0.298 e. The third-order valence-corrected chi connectivity index (χ3v) is 6.21. The molecule has 2 aliphatic carbocycles. The Balaban J connectivity index is 1.71. The average Bonchev–Trinajstić information content (AvgIpc) is 2.88. The molecule has 1 aromatic rings. The number of rotatable bonds is 2. The van der Waals surface area contributed by atoms with E-state index >= 15 is 0 Å². The Bertz CT molecular complexity index is 684. The molecule has 23 heavy (non-hydrogen) atoms. The summed E-state index contributed by atoms with van der Waals surface area (Å²) in [5.74, 6) is -0.546. The molecule has 0 aliphatic heterocycles. The van der Waals surface area contributed by atoms with E-state index in [-0.39, 0.29) is 17.1 Å². The van der Waals surface area contributed by atoms with Crippen molar-refractivity contribution >= 4 is 33.5 Å². The number of fused-ring (bicyclic) bond motifs is 2. The van der Waals surface area contributed by atoms with Gasteiger partial charge in [0.2, 0.25) is 0 Å². The SMILES string of the molecule is CC1(C)C2CCC1(C(=O)NNC(=O)c1ccc(Br)cc1)C(=O)C2. The predicted molar refractivity (Wildman–Crippen MR) is 88.3 cm³/mol. The van der Waals surface area contributed by atoms with Crippen LogP contribution in [-0.4, -0.2) is 17.6 Å². The molecule has 0 heterocycles. The van der Waals surface area contributed by atoms with Gasteiger partial charge in [0.05, 0.1) is 0 Å². The Morgan fingerprint density at radius 2 is 1.83 bits per heavy atom. The average molecular weight is 379 g/mol. The van der Waals surface area contributed by atoms with Gasteiger partial charge in [0.25, 0.3) is 11.8 Å². The number of amides is 2. The maximum atomic E-state index is 12.7. The van der Waals surface area contributed by atoms with Crippen molar-refractivity contribution in [2.75, 3.05) is 0 Å². The summed E-state index contributed by atoms with van der Waals surface area (Å²) in [6.45, 7) is 3.96. The Labute approximate surface area is 143 Å². The van der Waals surface area contributed by atoms with Gasteiger partial charge in [-0.3, -0.25) is 25.2 Å². The molecule has 3 rings (SSSR count). The Kier molecular flexibility index (Phi) is 3.83. The minimum Gasteiger partial charge on any atom is -0.298 e. The normalized spacial score (nSPS) is 27.8. The van der Waals surface area contributed by atoms with Crippen LogP contribution < -0.4 is 10.9 Å². The summed E-state index contributed by atoms with van der Waals surface area (Å²) in [7, 11) is 0. The lowest BCUT2D eigenvalue weighted by molar-refractivity contribution is -0.145. The monoisotopic (exact) mass is 378 g/mol. The van der Waals surface area contributed by atoms with E-state index in [1.807, 2.05) is 13.8 Å². The molecule has 0 spiro atoms. The lowest BCUT2D eigenvalue weighted by Crippen LogP contribution is -2.54. The van der Waals surface area contributed by atoms with Crippen LogP contribution in [0.3, 0.4) is 0 Å². The minimum atomic E-state index is -1.01. The molecule has 2 unspecified atom stereocenters. The first-order valence-corrected chi connectivity index (χ1v) is 8.48. The van der Waals surface area contributed by atoms with E-state index in [0.717, 1.165) is 10.9 Å². The maximum Gasteiger partial charge on any atom is 0.269 e. The Hall–Kier alpha value is -1.69. The van der Waals surface area contributed by atoms with Gasteiger partial charge in [-0.15, -0.1) is 0 Å². The number of hydrogen-bond acceptors (Lipinski definition) is 3. The highest BCUT2D eigenvalue weighted by Gasteiger charge is 2.68. The van der Waals surface area contributed by atoms with Crippen molar-refractivity contribution < 1.29 is 14.4 Å². The Morgan fingerprint density at radius 1 is 1.17 bits per heavy atom. The van der Waals surface area contributed by atoms with Crippen molar-refractivity contribution in [3.63, 3.8) is 0 Å². The van der Waals surface area contributed by atoms with Crippen molar-refractivity contribution in [3.05, 3.63) is 34.3 Å². The fraction of sp³-hybridized carbons (Fsp3) is 0.471. The van der Waals surface area contributed by atoms with Crippen LogP contribution in [0, 0.1) is 16.7 Å². The lowest BCUT2D eigenvalue weighted by atomic mass is 9.68. The van der Waals surface area contributed by atoms with Gasteiger partial charge in [0, 0.05) is 16.5 Å². The van der Waals surface area contributed by atoms with Crippen LogP contribution in [0.25, 0.3) is 0 Å². The van der Waals surface area contributed by atoms with Gasteiger partial charge < -0.3 is 0 Å². The van der Waals surface area contributed by atoms with E-state index in [2.05, 4.69) is 26.8 Å². The third-order valence-electron chi connectivity index (χ3n) is 5.68. The lowest BCUT2D eigenvalue weighted by Gasteiger charge is -2.34. The van der Waals surface area contributed by atoms with E-state index < -0.39 is 17.2 Å². The molecule has 122 valence electrons. The van der Waals surface area contributed by atoms with Crippen LogP contribution in [0.1, 0.15) is 43.5 Å². The summed E-state index contributed by atoms with van der Waals surface area (Å²) < 4.78 is 0.868. The molecule has 2 bridgehead atoms. The van der Waals surface area contributed by atoms with Crippen LogP contribution >= 0.6 is 15.9 Å². The van der Waals surface area contributed by atoms with E-state index in [9.17, 15) is 14.4 Å². The second-order valence-corrected chi connectivity index (χ2v) is 7.82. The number of halogens is 1. The van der Waals surface area contributed by atoms with E-state index in [1.165, 1.54) is 0 Å². The van der Waals surface area contributed by atoms with Crippen LogP contribution in [-0.2, 0) is 9.59 Å². The first kappa shape index (κ1) is 16.2. The van der Waals surface area contributed by atoms with Gasteiger partial charge >= 0.3 is 0 Å². The van der Waals surface area contributed by atoms with Gasteiger partial charge in [-0.25, -0.2) is 0 Å². The zero-order valence-corrected chi connectivity index (χ0v) is 14.7. The molecule has 1 aromatic carbocycles. The topological polar surface area (TPSA) is 75.3 Å². The fourth-order valence-electron chi connectivity index (χ4n) is 4.10. The summed E-state index contributed by atoms with van der Waals surface area (Å²) in [6.07, 6.45) is 1.90. The molecule has 0 saturated heterocycles. The summed E-state index contributed by atoms with van der Waals surface area (Å²) in [5.41, 5.74) is 3.96. The Morgan fingerprint density at radius 3 is 2.35 bits per heavy atom. The van der Waals surface area contributed by atoms with Crippen LogP contribution in [0.4, 0.5) is 0 Å². The zero-order valence-electron chi connectivity index (χ0n) is 13.1. The molecular weight excluding hydrogens is 360 g/mol. The van der Waals surface area contributed by atoms with Gasteiger partial charge in [0.1, 0.15) is 11.2 Å². The molecule has 0 aromatic heterocycles. The number of nitrogens with one attached hydrogen (secondary N) is 2. The van der Waals surface area contributed by atoms with Crippen LogP contribution in [0.2, 0.25) is 0 Å². The fourth-order valence-corrected chi connectivity index (χ4v) is 4.37. The van der Waals surface area contributed by atoms with Crippen molar-refractivity contribution in [1.29, 1.82) is 0 Å². The highest BCUT2D eigenvalue weighted by molar-refractivity contribution is 9.10. The number of carbonyl (C=O) groups excluding carboxylic acids is 3. The standard InChI is InChI=1S/C17H19BrN2O3/c1-16(2)11-7-8-17(16,13(21)9-11)15(23)20-19-14(22)10-3-5-12(18)6-4-10/h3-6,11H,7-9H2,1-2H3,(H,19,22)(H,20,23). The minimum absolute atomic E-state index is 0.00543. The summed E-state index contributed by atoms with van der Waals surface area (Å²) in [6, 6.07) is 6.81. The number of carbonyl (C=O) groups is 3. The van der Waals surface area contributed by atoms with E-state index in [4.69, 9.17) is 0 Å². The number of benzene rings is 1. The molecule has 2 aliphatic rings. The van der Waals surface area contributed by atoms with E-state index in [0.29, 0.717) is 18.4 Å². The first-order chi connectivity index (χ1) is 10.8. The molecule has 0 radical (unpaired) electrons. The smallest absolute Gasteiger partial charge is 0.269 e. The molecule has 2 fully saturated rings. The van der Waals surface area contributed by atoms with Crippen molar-refractivity contribution in [2.45, 2.75) is 33.1 Å². The molecule has 6 heteroatoms. The van der Waals surface area contributed by atoms with Crippen molar-refractivity contribution in [3.8, 4) is 0 Å². The molecule has 5 nitrogen and oxygen atoms in total. The van der Waals surface area contributed by atoms with Gasteiger partial charge in [-0.05, 0) is 48.4 Å². The summed E-state index contributed by atoms with van der Waals surface area (Å²) in [4.78, 5) is 37.2. The third kappa shape index (κ3) is 2.31. The second-order valence-electron chi connectivity index (χ2n) is 6.91. The zero-order chi connectivity index (χ0) is 16.8. The molecule has 2 saturated carbocycles. The summed E-state index contributed by atoms with van der Waals surface area (Å²) in [5, 5.41) is 0. The van der Waals surface area contributed by atoms with Gasteiger partial charge in [-0.2, -0.15) is 0 Å². The molecule has 2 amide bonds. The van der Waals surface area contributed by atoms with Crippen molar-refractivity contribution in [1.82, 2.24) is 10.9 Å². The molecule has 2 atom stereocenters. The molecular formula is C17H19BrN2O3. The number of ketones is 1. The second kappa shape index (κ2) is 5.44. The maximum absolute atomic E-state index is 12.7. The highest BCUT2D eigenvalue weighted by atomic mass is 79.9.